The molecule has 0 aromatic heterocycles. The number of fused-ring (bicyclic) bond motifs is 1. The van der Waals surface area contributed by atoms with Gasteiger partial charge in [0.25, 0.3) is 0 Å². The fraction of sp³-hybridized carbons (Fsp3) is 0.588. The molecular weight excluding hydrogens is 321 g/mol. The molecule has 132 valence electrons. The third-order valence-electron chi connectivity index (χ3n) is 4.48. The van der Waals surface area contributed by atoms with E-state index in [4.69, 9.17) is 4.74 Å². The van der Waals surface area contributed by atoms with Gasteiger partial charge in [0.15, 0.2) is 0 Å². The van der Waals surface area contributed by atoms with Gasteiger partial charge in [-0.25, -0.2) is 18.0 Å². The molecule has 0 saturated carbocycles. The molecule has 1 amide bonds. The zero-order valence-electron chi connectivity index (χ0n) is 13.9. The lowest BCUT2D eigenvalue weighted by atomic mass is 9.94. The molecule has 2 aliphatic rings. The first-order chi connectivity index (χ1) is 11.2. The molecule has 2 aliphatic heterocycles. The van der Waals surface area contributed by atoms with Crippen LogP contribution in [-0.2, 0) is 4.74 Å². The van der Waals surface area contributed by atoms with E-state index < -0.39 is 35.2 Å². The van der Waals surface area contributed by atoms with E-state index in [2.05, 4.69) is 5.32 Å². The highest BCUT2D eigenvalue weighted by molar-refractivity contribution is 5.70. The van der Waals surface area contributed by atoms with Crippen molar-refractivity contribution in [3.63, 3.8) is 0 Å². The van der Waals surface area contributed by atoms with Crippen LogP contribution < -0.4 is 5.32 Å². The van der Waals surface area contributed by atoms with Crippen LogP contribution in [0.15, 0.2) is 12.1 Å². The Balaban J connectivity index is 1.99. The highest BCUT2D eigenvalue weighted by Gasteiger charge is 2.49. The number of likely N-dealkylation sites (tertiary alicyclic amines) is 1. The first-order valence-corrected chi connectivity index (χ1v) is 8.05. The van der Waals surface area contributed by atoms with Crippen LogP contribution in [0.4, 0.5) is 18.0 Å². The molecule has 2 saturated heterocycles. The van der Waals surface area contributed by atoms with E-state index in [1.165, 1.54) is 4.90 Å². The second-order valence-electron chi connectivity index (χ2n) is 7.39. The summed E-state index contributed by atoms with van der Waals surface area (Å²) >= 11 is 0. The maximum Gasteiger partial charge on any atom is 0.410 e. The predicted octanol–water partition coefficient (Wildman–Crippen LogP) is 3.37. The van der Waals surface area contributed by atoms with Gasteiger partial charge in [-0.05, 0) is 39.7 Å². The van der Waals surface area contributed by atoms with Gasteiger partial charge in [-0.1, -0.05) is 0 Å². The van der Waals surface area contributed by atoms with Gasteiger partial charge >= 0.3 is 6.09 Å². The van der Waals surface area contributed by atoms with Crippen LogP contribution in [0.5, 0.6) is 0 Å². The average Bonchev–Trinajstić information content (AvgIpc) is 2.97. The summed E-state index contributed by atoms with van der Waals surface area (Å²) in [6.45, 7) is 6.27. The number of hydrogen-bond acceptors (Lipinski definition) is 3. The van der Waals surface area contributed by atoms with Crippen LogP contribution >= 0.6 is 0 Å². The molecule has 24 heavy (non-hydrogen) atoms. The van der Waals surface area contributed by atoms with Crippen molar-refractivity contribution in [3.05, 3.63) is 35.1 Å². The first-order valence-electron chi connectivity index (χ1n) is 8.05. The number of hydrogen-bond donors (Lipinski definition) is 1. The molecule has 0 bridgehead atoms. The SMILES string of the molecule is CC(C)(C)OC(=O)N1CC2CCNC2C1c1c(F)cc(F)cc1F. The Morgan fingerprint density at radius 3 is 2.46 bits per heavy atom. The molecule has 0 spiro atoms. The number of halogens is 3. The normalized spacial score (nSPS) is 26.6. The Hall–Kier alpha value is -1.76. The summed E-state index contributed by atoms with van der Waals surface area (Å²) < 4.78 is 47.2. The summed E-state index contributed by atoms with van der Waals surface area (Å²) in [6, 6.07) is 0.169. The van der Waals surface area contributed by atoms with E-state index in [0.29, 0.717) is 18.7 Å². The summed E-state index contributed by atoms with van der Waals surface area (Å²) in [4.78, 5) is 13.9. The molecule has 3 atom stereocenters. The number of carbonyl (C=O) groups excluding carboxylic acids is 1. The lowest BCUT2D eigenvalue weighted by Gasteiger charge is -2.31. The summed E-state index contributed by atoms with van der Waals surface area (Å²) in [7, 11) is 0. The Morgan fingerprint density at radius 1 is 1.25 bits per heavy atom. The van der Waals surface area contributed by atoms with Gasteiger partial charge in [-0.15, -0.1) is 0 Å². The number of benzene rings is 1. The van der Waals surface area contributed by atoms with Gasteiger partial charge in [0.2, 0.25) is 0 Å². The minimum atomic E-state index is -0.986. The van der Waals surface area contributed by atoms with Crippen molar-refractivity contribution in [2.24, 2.45) is 5.92 Å². The maximum atomic E-state index is 14.3. The number of ether oxygens (including phenoxy) is 1. The molecule has 0 radical (unpaired) electrons. The predicted molar refractivity (Wildman–Crippen MR) is 81.9 cm³/mol. The van der Waals surface area contributed by atoms with Crippen molar-refractivity contribution < 1.29 is 22.7 Å². The van der Waals surface area contributed by atoms with Gasteiger partial charge in [0.05, 0.1) is 6.04 Å². The summed E-state index contributed by atoms with van der Waals surface area (Å²) in [5.74, 6) is -2.86. The molecule has 1 aromatic carbocycles. The smallest absolute Gasteiger partial charge is 0.410 e. The van der Waals surface area contributed by atoms with Gasteiger partial charge in [0, 0.05) is 30.3 Å². The quantitative estimate of drug-likeness (QED) is 0.851. The van der Waals surface area contributed by atoms with E-state index in [1.807, 2.05) is 0 Å². The number of carbonyl (C=O) groups is 1. The molecular formula is C17H21F3N2O2. The minimum absolute atomic E-state index is 0.0892. The Morgan fingerprint density at radius 2 is 1.88 bits per heavy atom. The highest BCUT2D eigenvalue weighted by atomic mass is 19.1. The van der Waals surface area contributed by atoms with Crippen LogP contribution in [0.3, 0.4) is 0 Å². The van der Waals surface area contributed by atoms with Crippen molar-refractivity contribution >= 4 is 6.09 Å². The number of amides is 1. The van der Waals surface area contributed by atoms with Crippen LogP contribution in [0.25, 0.3) is 0 Å². The molecule has 4 nitrogen and oxygen atoms in total. The molecule has 2 fully saturated rings. The standard InChI is InChI=1S/C17H21F3N2O2/c1-17(2,3)24-16(23)22-8-9-4-5-21-14(9)15(22)13-11(19)6-10(18)7-12(13)20/h6-7,9,14-15,21H,4-5,8H2,1-3H3. The fourth-order valence-electron chi connectivity index (χ4n) is 3.60. The fourth-order valence-corrected chi connectivity index (χ4v) is 3.60. The zero-order chi connectivity index (χ0) is 17.6. The highest BCUT2D eigenvalue weighted by Crippen LogP contribution is 2.42. The van der Waals surface area contributed by atoms with Crippen molar-refractivity contribution in [2.75, 3.05) is 13.1 Å². The molecule has 1 N–H and O–H groups in total. The third kappa shape index (κ3) is 3.09. The average molecular weight is 342 g/mol. The largest absolute Gasteiger partial charge is 0.444 e. The Kier molecular flexibility index (Phi) is 4.23. The van der Waals surface area contributed by atoms with Gasteiger partial charge < -0.3 is 10.1 Å². The summed E-state index contributed by atoms with van der Waals surface area (Å²) in [6.07, 6.45) is 0.192. The van der Waals surface area contributed by atoms with Crippen molar-refractivity contribution in [1.29, 1.82) is 0 Å². The molecule has 7 heteroatoms. The van der Waals surface area contributed by atoms with Gasteiger partial charge in [-0.3, -0.25) is 4.90 Å². The topological polar surface area (TPSA) is 41.6 Å². The second kappa shape index (κ2) is 5.95. The molecule has 3 rings (SSSR count). The van der Waals surface area contributed by atoms with E-state index in [9.17, 15) is 18.0 Å². The lowest BCUT2D eigenvalue weighted by Crippen LogP contribution is -2.41. The van der Waals surface area contributed by atoms with Crippen molar-refractivity contribution in [2.45, 2.75) is 44.9 Å². The van der Waals surface area contributed by atoms with Gasteiger partial charge in [0.1, 0.15) is 23.1 Å². The van der Waals surface area contributed by atoms with Gasteiger partial charge in [-0.2, -0.15) is 0 Å². The van der Waals surface area contributed by atoms with Crippen LogP contribution in [0.2, 0.25) is 0 Å². The minimum Gasteiger partial charge on any atom is -0.444 e. The Bertz CT molecular complexity index is 637. The summed E-state index contributed by atoms with van der Waals surface area (Å²) in [5, 5.41) is 3.21. The molecule has 3 unspecified atom stereocenters. The van der Waals surface area contributed by atoms with Crippen LogP contribution in [0, 0.1) is 23.4 Å². The third-order valence-corrected chi connectivity index (χ3v) is 4.48. The molecule has 1 aromatic rings. The number of nitrogens with one attached hydrogen (secondary N) is 1. The van der Waals surface area contributed by atoms with Crippen LogP contribution in [-0.4, -0.2) is 35.7 Å². The number of rotatable bonds is 1. The first kappa shape index (κ1) is 17.1. The molecule has 2 heterocycles. The van der Waals surface area contributed by atoms with Crippen molar-refractivity contribution in [3.8, 4) is 0 Å². The van der Waals surface area contributed by atoms with Crippen molar-refractivity contribution in [1.82, 2.24) is 10.2 Å². The Labute approximate surface area is 139 Å². The van der Waals surface area contributed by atoms with E-state index in [1.54, 1.807) is 20.8 Å². The monoisotopic (exact) mass is 342 g/mol. The molecule has 0 aliphatic carbocycles. The zero-order valence-corrected chi connectivity index (χ0v) is 13.9. The van der Waals surface area contributed by atoms with E-state index >= 15 is 0 Å². The summed E-state index contributed by atoms with van der Waals surface area (Å²) in [5.41, 5.74) is -1.00. The maximum absolute atomic E-state index is 14.3. The lowest BCUT2D eigenvalue weighted by molar-refractivity contribution is 0.0202. The van der Waals surface area contributed by atoms with E-state index in [0.717, 1.165) is 13.0 Å². The number of nitrogens with zero attached hydrogens (tertiary/aromatic N) is 1. The van der Waals surface area contributed by atoms with Crippen LogP contribution in [0.1, 0.15) is 38.8 Å². The second-order valence-corrected chi connectivity index (χ2v) is 7.39. The van der Waals surface area contributed by atoms with E-state index in [-0.39, 0.29) is 17.5 Å².